The van der Waals surface area contributed by atoms with E-state index in [1.807, 2.05) is 0 Å². The van der Waals surface area contributed by atoms with Gasteiger partial charge in [0.05, 0.1) is 5.60 Å². The highest BCUT2D eigenvalue weighted by molar-refractivity contribution is 5.14. The van der Waals surface area contributed by atoms with Gasteiger partial charge in [-0.15, -0.1) is 0 Å². The maximum absolute atomic E-state index is 6.00. The number of rotatable bonds is 4. The van der Waals surface area contributed by atoms with Gasteiger partial charge in [0.1, 0.15) is 0 Å². The minimum Gasteiger partial charge on any atom is -0.376 e. The van der Waals surface area contributed by atoms with Crippen LogP contribution in [-0.4, -0.2) is 30.2 Å². The summed E-state index contributed by atoms with van der Waals surface area (Å²) in [6.07, 6.45) is 6.52. The molecule has 1 atom stereocenters. The molecule has 2 aliphatic rings. The van der Waals surface area contributed by atoms with Gasteiger partial charge in [-0.05, 0) is 69.5 Å². The third-order valence-electron chi connectivity index (χ3n) is 6.28. The van der Waals surface area contributed by atoms with Crippen LogP contribution in [0.5, 0.6) is 0 Å². The first-order chi connectivity index (χ1) is 11.0. The standard InChI is InChI=1S/C21H33NO/c1-4-21(12-15-23-20(2,3)17-21)19-10-13-22(14-11-19)16-18-8-6-5-7-9-18/h5-9,19H,4,10-17H2,1-3H3. The SMILES string of the molecule is CCC1(C2CCN(Cc3ccccc3)CC2)CCOC(C)(C)C1. The van der Waals surface area contributed by atoms with Gasteiger partial charge in [0, 0.05) is 13.2 Å². The van der Waals surface area contributed by atoms with Gasteiger partial charge in [0.15, 0.2) is 0 Å². The molecule has 1 aromatic rings. The highest BCUT2D eigenvalue weighted by atomic mass is 16.5. The Hall–Kier alpha value is -0.860. The molecule has 0 aliphatic carbocycles. The van der Waals surface area contributed by atoms with E-state index in [2.05, 4.69) is 56.0 Å². The number of piperidine rings is 1. The second kappa shape index (κ2) is 6.94. The van der Waals surface area contributed by atoms with Gasteiger partial charge in [-0.2, -0.15) is 0 Å². The summed E-state index contributed by atoms with van der Waals surface area (Å²) in [5.41, 5.74) is 2.03. The molecule has 0 aromatic heterocycles. The fraction of sp³-hybridized carbons (Fsp3) is 0.714. The van der Waals surface area contributed by atoms with Crippen LogP contribution in [0.15, 0.2) is 30.3 Å². The molecule has 2 saturated heterocycles. The van der Waals surface area contributed by atoms with Crippen molar-refractivity contribution in [1.82, 2.24) is 4.90 Å². The lowest BCUT2D eigenvalue weighted by Gasteiger charge is -2.51. The van der Waals surface area contributed by atoms with Crippen LogP contribution in [0, 0.1) is 11.3 Å². The Labute approximate surface area is 142 Å². The van der Waals surface area contributed by atoms with E-state index in [1.165, 1.54) is 50.8 Å². The Morgan fingerprint density at radius 2 is 1.83 bits per heavy atom. The summed E-state index contributed by atoms with van der Waals surface area (Å²) >= 11 is 0. The summed E-state index contributed by atoms with van der Waals surface area (Å²) in [7, 11) is 0. The third kappa shape index (κ3) is 3.97. The fourth-order valence-electron chi connectivity index (χ4n) is 5.00. The van der Waals surface area contributed by atoms with E-state index in [0.29, 0.717) is 5.41 Å². The zero-order valence-electron chi connectivity index (χ0n) is 15.2. The average molecular weight is 316 g/mol. The molecule has 0 amide bonds. The zero-order valence-corrected chi connectivity index (χ0v) is 15.2. The highest BCUT2D eigenvalue weighted by Gasteiger charge is 2.45. The van der Waals surface area contributed by atoms with E-state index in [9.17, 15) is 0 Å². The molecule has 0 radical (unpaired) electrons. The zero-order chi connectivity index (χ0) is 16.3. The van der Waals surface area contributed by atoms with Gasteiger partial charge in [-0.1, -0.05) is 43.7 Å². The minimum atomic E-state index is 0.0649. The summed E-state index contributed by atoms with van der Waals surface area (Å²) in [6.45, 7) is 11.5. The van der Waals surface area contributed by atoms with Crippen molar-refractivity contribution in [3.05, 3.63) is 35.9 Å². The first kappa shape index (κ1) is 17.0. The molecule has 1 aromatic carbocycles. The van der Waals surface area contributed by atoms with Crippen molar-refractivity contribution < 1.29 is 4.74 Å². The Morgan fingerprint density at radius 3 is 2.43 bits per heavy atom. The van der Waals surface area contributed by atoms with Crippen LogP contribution in [0.4, 0.5) is 0 Å². The normalized spacial score (nSPS) is 29.5. The molecule has 128 valence electrons. The molecule has 2 heteroatoms. The van der Waals surface area contributed by atoms with Crippen molar-refractivity contribution >= 4 is 0 Å². The van der Waals surface area contributed by atoms with Gasteiger partial charge in [-0.25, -0.2) is 0 Å². The largest absolute Gasteiger partial charge is 0.376 e. The molecule has 2 aliphatic heterocycles. The first-order valence-electron chi connectivity index (χ1n) is 9.43. The molecule has 1 unspecified atom stereocenters. The lowest BCUT2D eigenvalue weighted by Crippen LogP contribution is -2.48. The van der Waals surface area contributed by atoms with Crippen molar-refractivity contribution in [2.24, 2.45) is 11.3 Å². The summed E-state index contributed by atoms with van der Waals surface area (Å²) in [5, 5.41) is 0. The maximum Gasteiger partial charge on any atom is 0.0631 e. The van der Waals surface area contributed by atoms with Crippen LogP contribution in [0.25, 0.3) is 0 Å². The topological polar surface area (TPSA) is 12.5 Å². The van der Waals surface area contributed by atoms with Crippen molar-refractivity contribution in [1.29, 1.82) is 0 Å². The quantitative estimate of drug-likeness (QED) is 0.785. The van der Waals surface area contributed by atoms with Gasteiger partial charge < -0.3 is 4.74 Å². The second-order valence-electron chi connectivity index (χ2n) is 8.29. The van der Waals surface area contributed by atoms with E-state index in [-0.39, 0.29) is 5.60 Å². The molecule has 23 heavy (non-hydrogen) atoms. The van der Waals surface area contributed by atoms with Crippen molar-refractivity contribution in [2.45, 2.75) is 65.0 Å². The predicted molar refractivity (Wildman–Crippen MR) is 96.4 cm³/mol. The Kier molecular flexibility index (Phi) is 5.13. The molecule has 0 saturated carbocycles. The predicted octanol–water partition coefficient (Wildman–Crippen LogP) is 4.88. The lowest BCUT2D eigenvalue weighted by molar-refractivity contribution is -0.130. The first-order valence-corrected chi connectivity index (χ1v) is 9.43. The second-order valence-corrected chi connectivity index (χ2v) is 8.29. The molecular weight excluding hydrogens is 282 g/mol. The monoisotopic (exact) mass is 315 g/mol. The van der Waals surface area contributed by atoms with Gasteiger partial charge >= 0.3 is 0 Å². The fourth-order valence-corrected chi connectivity index (χ4v) is 5.00. The summed E-state index contributed by atoms with van der Waals surface area (Å²) in [5.74, 6) is 0.877. The Bertz CT molecular complexity index is 490. The summed E-state index contributed by atoms with van der Waals surface area (Å²) < 4.78 is 6.00. The van der Waals surface area contributed by atoms with E-state index < -0.39 is 0 Å². The highest BCUT2D eigenvalue weighted by Crippen LogP contribution is 2.50. The molecule has 0 spiro atoms. The molecule has 0 N–H and O–H groups in total. The lowest BCUT2D eigenvalue weighted by atomic mass is 9.61. The van der Waals surface area contributed by atoms with Crippen molar-refractivity contribution in [3.63, 3.8) is 0 Å². The number of likely N-dealkylation sites (tertiary alicyclic amines) is 1. The molecule has 2 fully saturated rings. The molecule has 3 rings (SSSR count). The molecule has 0 bridgehead atoms. The van der Waals surface area contributed by atoms with E-state index in [1.54, 1.807) is 0 Å². The number of hydrogen-bond acceptors (Lipinski definition) is 2. The average Bonchev–Trinajstić information content (AvgIpc) is 2.55. The van der Waals surface area contributed by atoms with Crippen LogP contribution in [-0.2, 0) is 11.3 Å². The minimum absolute atomic E-state index is 0.0649. The smallest absolute Gasteiger partial charge is 0.0631 e. The van der Waals surface area contributed by atoms with Crippen LogP contribution < -0.4 is 0 Å². The van der Waals surface area contributed by atoms with Gasteiger partial charge in [0.25, 0.3) is 0 Å². The van der Waals surface area contributed by atoms with Crippen LogP contribution in [0.3, 0.4) is 0 Å². The summed E-state index contributed by atoms with van der Waals surface area (Å²) in [4.78, 5) is 2.64. The summed E-state index contributed by atoms with van der Waals surface area (Å²) in [6, 6.07) is 10.9. The van der Waals surface area contributed by atoms with Gasteiger partial charge in [0.2, 0.25) is 0 Å². The number of hydrogen-bond donors (Lipinski definition) is 0. The van der Waals surface area contributed by atoms with Gasteiger partial charge in [-0.3, -0.25) is 4.90 Å². The Morgan fingerprint density at radius 1 is 1.13 bits per heavy atom. The van der Waals surface area contributed by atoms with Crippen LogP contribution in [0.1, 0.15) is 58.4 Å². The molecule has 2 nitrogen and oxygen atoms in total. The third-order valence-corrected chi connectivity index (χ3v) is 6.28. The van der Waals surface area contributed by atoms with E-state index >= 15 is 0 Å². The van der Waals surface area contributed by atoms with Crippen molar-refractivity contribution in [3.8, 4) is 0 Å². The number of benzene rings is 1. The maximum atomic E-state index is 6.00. The van der Waals surface area contributed by atoms with E-state index in [4.69, 9.17) is 4.74 Å². The molecule has 2 heterocycles. The van der Waals surface area contributed by atoms with Crippen LogP contribution >= 0.6 is 0 Å². The van der Waals surface area contributed by atoms with E-state index in [0.717, 1.165) is 19.1 Å². The van der Waals surface area contributed by atoms with Crippen molar-refractivity contribution in [2.75, 3.05) is 19.7 Å². The van der Waals surface area contributed by atoms with Crippen LogP contribution in [0.2, 0.25) is 0 Å². The Balaban J connectivity index is 1.59. The number of nitrogens with zero attached hydrogens (tertiary/aromatic N) is 1. The molecular formula is C21H33NO. The number of ether oxygens (including phenoxy) is 1.